The maximum absolute atomic E-state index is 14.6. The maximum Gasteiger partial charge on any atom is 0.446 e. The predicted molar refractivity (Wildman–Crippen MR) is 468 cm³/mol. The van der Waals surface area contributed by atoms with Gasteiger partial charge in [-0.15, -0.1) is 0 Å². The summed E-state index contributed by atoms with van der Waals surface area (Å²) in [6.07, 6.45) is 14.9. The summed E-state index contributed by atoms with van der Waals surface area (Å²) >= 11 is 0. The monoisotopic (exact) mass is 1840 g/mol. The number of ether oxygens (including phenoxy) is 4. The van der Waals surface area contributed by atoms with Crippen molar-refractivity contribution in [1.29, 1.82) is 0 Å². The van der Waals surface area contributed by atoms with Gasteiger partial charge in [-0.2, -0.15) is 8.42 Å². The highest BCUT2D eigenvalue weighted by Crippen LogP contribution is 2.22. The quantitative estimate of drug-likeness (QED) is 0.0223. The predicted octanol–water partition coefficient (Wildman–Crippen LogP) is 3.02. The molecule has 3 aromatic carbocycles. The van der Waals surface area contributed by atoms with Gasteiger partial charge in [-0.25, -0.2) is 4.79 Å². The van der Waals surface area contributed by atoms with Crippen molar-refractivity contribution in [3.63, 3.8) is 0 Å². The molecule has 41 nitrogen and oxygen atoms in total. The van der Waals surface area contributed by atoms with Crippen LogP contribution in [0.3, 0.4) is 0 Å². The number of hydrogen-bond donors (Lipinski definition) is 17. The molecular weight excluding hydrogens is 1710 g/mol. The highest BCUT2D eigenvalue weighted by Gasteiger charge is 2.37. The first kappa shape index (κ1) is 110. The summed E-state index contributed by atoms with van der Waals surface area (Å²) in [5, 5.41) is 63.9. The number of hydrogen-bond acceptors (Lipinski definition) is 23. The molecule has 0 spiro atoms. The molecule has 0 saturated heterocycles. The van der Waals surface area contributed by atoms with Gasteiger partial charge in [0, 0.05) is 75.8 Å². The number of nitrogens with two attached hydrogens (primary N) is 1. The van der Waals surface area contributed by atoms with Crippen LogP contribution in [0.2, 0.25) is 0 Å². The third kappa shape index (κ3) is 47.8. The van der Waals surface area contributed by atoms with E-state index in [-0.39, 0.29) is 134 Å². The van der Waals surface area contributed by atoms with E-state index in [1.165, 1.54) is 44.9 Å². The molecule has 0 saturated carbocycles. The van der Waals surface area contributed by atoms with Gasteiger partial charge in [0.1, 0.15) is 67.3 Å². The van der Waals surface area contributed by atoms with Crippen LogP contribution < -0.4 is 63.1 Å². The number of para-hydroxylation sites is 1. The van der Waals surface area contributed by atoms with E-state index in [1.54, 1.807) is 74.6 Å². The molecular formula is C87H129N13O28S. The van der Waals surface area contributed by atoms with Crippen LogP contribution in [0, 0.1) is 0 Å². The molecule has 129 heavy (non-hydrogen) atoms. The molecule has 716 valence electrons. The van der Waals surface area contributed by atoms with Crippen LogP contribution in [0.25, 0.3) is 10.9 Å². The van der Waals surface area contributed by atoms with E-state index in [2.05, 4.69) is 62.3 Å². The van der Waals surface area contributed by atoms with Gasteiger partial charge in [0.25, 0.3) is 0 Å². The van der Waals surface area contributed by atoms with Gasteiger partial charge in [0.05, 0.1) is 59.0 Å². The van der Waals surface area contributed by atoms with Gasteiger partial charge in [-0.3, -0.25) is 76.5 Å². The molecule has 0 radical (unpaired) electrons. The Kier molecular flexibility index (Phi) is 53.1. The number of benzene rings is 3. The Hall–Kier alpha value is -11.7. The van der Waals surface area contributed by atoms with Crippen LogP contribution in [-0.4, -0.2) is 266 Å². The maximum atomic E-state index is 14.6. The zero-order valence-corrected chi connectivity index (χ0v) is 74.4. The Morgan fingerprint density at radius 1 is 0.419 bits per heavy atom. The molecule has 12 amide bonds. The molecule has 0 unspecified atom stereocenters. The van der Waals surface area contributed by atoms with Crippen molar-refractivity contribution in [3.05, 3.63) is 102 Å². The molecule has 0 aliphatic rings. The number of aromatic nitrogens is 1. The topological polar surface area (TPSA) is 620 Å². The zero-order valence-electron chi connectivity index (χ0n) is 73.5. The fourth-order valence-electron chi connectivity index (χ4n) is 13.5. The van der Waals surface area contributed by atoms with Gasteiger partial charge in [0.2, 0.25) is 70.9 Å². The highest BCUT2D eigenvalue weighted by atomic mass is 32.3. The fraction of sp³-hybridized carbons (Fsp3) is 0.586. The van der Waals surface area contributed by atoms with Crippen molar-refractivity contribution in [3.8, 4) is 5.75 Å². The van der Waals surface area contributed by atoms with Gasteiger partial charge >= 0.3 is 34.3 Å². The summed E-state index contributed by atoms with van der Waals surface area (Å²) in [7, 11) is -3.75. The third-order valence-electron chi connectivity index (χ3n) is 20.5. The number of aliphatic carboxylic acids is 4. The molecule has 1 heterocycles. The lowest BCUT2D eigenvalue weighted by Crippen LogP contribution is -2.59. The smallest absolute Gasteiger partial charge is 0.446 e. The van der Waals surface area contributed by atoms with Gasteiger partial charge < -0.3 is 112 Å². The second-order valence-electron chi connectivity index (χ2n) is 31.0. The normalized spacial score (nSPS) is 13.1. The summed E-state index contributed by atoms with van der Waals surface area (Å²) in [5.41, 5.74) is 7.73. The Balaban J connectivity index is 1.26. The Morgan fingerprint density at radius 3 is 1.42 bits per heavy atom. The lowest BCUT2D eigenvalue weighted by atomic mass is 10.0. The van der Waals surface area contributed by atoms with Crippen molar-refractivity contribution < 1.29 is 133 Å². The number of unbranched alkanes of at least 4 members (excludes halogenated alkanes) is 15. The molecule has 8 atom stereocenters. The molecule has 18 N–H and O–H groups in total. The minimum Gasteiger partial charge on any atom is -0.481 e. The van der Waals surface area contributed by atoms with E-state index in [0.717, 1.165) is 74.8 Å². The van der Waals surface area contributed by atoms with E-state index >= 15 is 0 Å². The first-order chi connectivity index (χ1) is 61.7. The van der Waals surface area contributed by atoms with Gasteiger partial charge in [-0.05, 0) is 67.0 Å². The van der Waals surface area contributed by atoms with Crippen LogP contribution in [0.4, 0.5) is 0 Å². The molecule has 42 heteroatoms. The molecule has 0 aliphatic carbocycles. The van der Waals surface area contributed by atoms with Crippen LogP contribution >= 0.6 is 0 Å². The first-order valence-electron chi connectivity index (χ1n) is 43.7. The first-order valence-corrected chi connectivity index (χ1v) is 45.0. The number of H-pyrrole nitrogens is 1. The Bertz CT molecular complexity index is 4330. The summed E-state index contributed by atoms with van der Waals surface area (Å²) in [5.74, 6) is -15.7. The summed E-state index contributed by atoms with van der Waals surface area (Å²) in [6, 6.07) is 8.00. The largest absolute Gasteiger partial charge is 0.481 e. The number of fused-ring (bicyclic) bond motifs is 1. The molecule has 4 rings (SSSR count). The minimum absolute atomic E-state index is 0.00923. The second kappa shape index (κ2) is 62.5. The molecule has 0 bridgehead atoms. The molecule has 4 aromatic rings. The van der Waals surface area contributed by atoms with Crippen LogP contribution in [0.1, 0.15) is 197 Å². The summed E-state index contributed by atoms with van der Waals surface area (Å²) in [4.78, 5) is 214. The lowest BCUT2D eigenvalue weighted by Gasteiger charge is -2.30. The number of nitrogens with zero attached hydrogens (tertiary/aromatic N) is 1. The van der Waals surface area contributed by atoms with Crippen molar-refractivity contribution in [2.24, 2.45) is 5.73 Å². The van der Waals surface area contributed by atoms with E-state index in [1.807, 2.05) is 0 Å². The number of carbonyl (C=O) groups excluding carboxylic acids is 12. The number of primary amides is 1. The lowest BCUT2D eigenvalue weighted by molar-refractivity contribution is -0.146. The summed E-state index contributed by atoms with van der Waals surface area (Å²) in [6.45, 7) is 1.69. The zero-order chi connectivity index (χ0) is 94.9. The van der Waals surface area contributed by atoms with Gasteiger partial charge in [-0.1, -0.05) is 177 Å². The number of likely N-dealkylation sites (N-methyl/N-ethyl adjacent to an activating group) is 1. The average Bonchev–Trinajstić information content (AvgIpc) is 1.66. The van der Waals surface area contributed by atoms with E-state index in [9.17, 15) is 105 Å². The molecule has 0 aliphatic heterocycles. The average molecular weight is 1840 g/mol. The Labute approximate surface area is 750 Å². The van der Waals surface area contributed by atoms with Crippen LogP contribution in [-0.2, 0) is 125 Å². The number of rotatable bonds is 72. The number of carboxylic acid groups (broad SMARTS) is 4. The van der Waals surface area contributed by atoms with Crippen molar-refractivity contribution in [2.75, 3.05) is 79.5 Å². The summed E-state index contributed by atoms with van der Waals surface area (Å²) < 4.78 is 58.3. The third-order valence-corrected chi connectivity index (χ3v) is 20.9. The number of aromatic amines is 1. The van der Waals surface area contributed by atoms with E-state index in [0.29, 0.717) is 47.7 Å². The van der Waals surface area contributed by atoms with Crippen LogP contribution in [0.15, 0.2) is 85.1 Å². The second-order valence-corrected chi connectivity index (χ2v) is 32.1. The van der Waals surface area contributed by atoms with E-state index in [4.69, 9.17) is 29.8 Å². The number of carbonyl (C=O) groups is 16. The number of nitrogens with one attached hydrogen (secondary N) is 11. The van der Waals surface area contributed by atoms with Crippen LogP contribution in [0.5, 0.6) is 5.75 Å². The van der Waals surface area contributed by atoms with Crippen molar-refractivity contribution >= 4 is 116 Å². The molecule has 1 aromatic heterocycles. The SMILES string of the molecule is CCCC[C@H](NC(=O)[C@H](Cc1ccc(OS(=O)(=O)O)cc1)NC(=O)[C@H](CC(=O)O)NC(=O)COCCOCCNC(=O)COCCOCCNC(=O)CC[C@H](NC(=O)CCCCCCCCCCCCCCCCC(=O)O)C(=O)O)C(=O)NCC(=O)N[C@@H](Cc1c[nH]c2ccccc12)C(=O)N[C@@H](CCCC)C(=O)N[C@H](CC(=O)O)C(=O)N(C)[C@@H](Cc1ccccc1)C(N)=O. The van der Waals surface area contributed by atoms with Gasteiger partial charge in [0.15, 0.2) is 0 Å². The molecule has 0 fully saturated rings. The van der Waals surface area contributed by atoms with Crippen molar-refractivity contribution in [1.82, 2.24) is 63.1 Å². The van der Waals surface area contributed by atoms with E-state index < -0.39 is 180 Å². The minimum atomic E-state index is -4.99. The number of carboxylic acids is 4. The highest BCUT2D eigenvalue weighted by molar-refractivity contribution is 7.81. The standard InChI is InChI=1S/C87H129N13O28S/c1-4-6-30-64(81(113)92-55-74(103)94-68(51-60-54-91-63-32-26-25-29-62(60)63)84(116)97-65(31-7-5-2)82(114)99-70(53-79(110)111)86(118)100(3)71(80(88)112)50-58-27-21-20-22-28-58)96-83(115)67(49-59-35-37-61(38-36-59)128-129(121,122)123)98-85(117)69(52-78(108)109)95-76(105)57-127-48-46-125-44-42-90-75(104)56-126-47-45-124-43-41-89-72(101)40-39-66(87(119)120)93-73(102)33-23-18-16-14-12-10-8-9-11-13-15-17-19-24-34-77(106)107/h20-22,25-29,32,35-38,54,64-71,91H,4-19,23-24,30-31,33-34,39-53,55-57H2,1-3H3,(H2,88,112)(H,89,101)(H,90,104)(H,92,113)(H,93,102)(H,94,103)(H,95,105)(H,96,115)(H,97,116)(H,98,117)(H,99,114)(H,106,107)(H,108,109)(H,110,111)(H,119,120)(H,121,122,123)/t64-,65-,66-,67-,68-,69-,70+,71-/m0/s1. The van der Waals surface area contributed by atoms with Crippen molar-refractivity contribution in [2.45, 2.75) is 248 Å². The number of amides is 12. The fourth-order valence-corrected chi connectivity index (χ4v) is 13.9. The Morgan fingerprint density at radius 2 is 0.876 bits per heavy atom.